The normalized spacial score (nSPS) is 12.9. The van der Waals surface area contributed by atoms with Crippen molar-refractivity contribution in [3.8, 4) is 17.0 Å². The number of halogens is 4. The third-order valence-corrected chi connectivity index (χ3v) is 7.16. The number of carbonyl (C=O) groups excluding carboxylic acids is 2. The van der Waals surface area contributed by atoms with Crippen molar-refractivity contribution < 1.29 is 27.5 Å². The Morgan fingerprint density at radius 1 is 0.905 bits per heavy atom. The van der Waals surface area contributed by atoms with Gasteiger partial charge >= 0.3 is 6.18 Å². The number of rotatable bonds is 9. The molecule has 1 aromatic heterocycles. The molecule has 2 amide bonds. The predicted molar refractivity (Wildman–Crippen MR) is 157 cm³/mol. The second-order valence-corrected chi connectivity index (χ2v) is 9.91. The number of amides is 2. The maximum absolute atomic E-state index is 13.6. The van der Waals surface area contributed by atoms with Crippen LogP contribution in [-0.2, 0) is 10.2 Å². The molecule has 218 valence electrons. The third kappa shape index (κ3) is 6.26. The Kier molecular flexibility index (Phi) is 9.21. The SMILES string of the molecule is Cc1cc(NC(=O)c2ccccc2)cnc1OCCCC1(C(=O)NCC(F)(F)F)c2ccccc2-c2ccccc21.Cl. The molecule has 1 aliphatic carbocycles. The van der Waals surface area contributed by atoms with Crippen LogP contribution in [-0.4, -0.2) is 36.1 Å². The van der Waals surface area contributed by atoms with Crippen molar-refractivity contribution >= 4 is 29.9 Å². The summed E-state index contributed by atoms with van der Waals surface area (Å²) in [4.78, 5) is 30.4. The molecule has 0 saturated heterocycles. The van der Waals surface area contributed by atoms with Crippen LogP contribution in [0.1, 0.15) is 39.9 Å². The summed E-state index contributed by atoms with van der Waals surface area (Å²) in [5, 5.41) is 4.94. The van der Waals surface area contributed by atoms with E-state index in [1.807, 2.05) is 30.3 Å². The van der Waals surface area contributed by atoms with Crippen LogP contribution in [0, 0.1) is 6.92 Å². The van der Waals surface area contributed by atoms with Crippen molar-refractivity contribution in [3.63, 3.8) is 0 Å². The number of pyridine rings is 1. The molecule has 0 spiro atoms. The van der Waals surface area contributed by atoms with Crippen molar-refractivity contribution in [2.45, 2.75) is 31.4 Å². The van der Waals surface area contributed by atoms with Crippen LogP contribution in [0.5, 0.6) is 5.88 Å². The number of hydrogen-bond donors (Lipinski definition) is 2. The van der Waals surface area contributed by atoms with Gasteiger partial charge in [0, 0.05) is 11.1 Å². The Morgan fingerprint density at radius 2 is 1.50 bits per heavy atom. The molecule has 2 N–H and O–H groups in total. The second kappa shape index (κ2) is 12.7. The number of nitrogens with zero attached hydrogens (tertiary/aromatic N) is 1. The number of ether oxygens (including phenoxy) is 1. The lowest BCUT2D eigenvalue weighted by molar-refractivity contribution is -0.141. The standard InChI is InChI=1S/C32H28F3N3O3.ClH/c1-21-18-23(38-28(39)22-10-3-2-4-11-22)19-36-29(21)41-17-9-16-31(30(40)37-20-32(33,34)35)26-14-7-5-12-24(26)25-13-6-8-15-27(25)31;/h2-8,10-15,18-19H,9,16-17,20H2,1H3,(H,37,40)(H,38,39);1H. The van der Waals surface area contributed by atoms with Crippen LogP contribution in [0.4, 0.5) is 18.9 Å². The second-order valence-electron chi connectivity index (χ2n) is 9.91. The molecule has 42 heavy (non-hydrogen) atoms. The molecular formula is C32H29ClF3N3O3. The summed E-state index contributed by atoms with van der Waals surface area (Å²) in [5.74, 6) is -0.586. The first-order valence-corrected chi connectivity index (χ1v) is 13.2. The van der Waals surface area contributed by atoms with E-state index in [1.165, 1.54) is 6.20 Å². The lowest BCUT2D eigenvalue weighted by Gasteiger charge is -2.31. The minimum Gasteiger partial charge on any atom is -0.477 e. The van der Waals surface area contributed by atoms with E-state index in [9.17, 15) is 22.8 Å². The highest BCUT2D eigenvalue weighted by Crippen LogP contribution is 2.51. The van der Waals surface area contributed by atoms with Crippen molar-refractivity contribution in [1.82, 2.24) is 10.3 Å². The van der Waals surface area contributed by atoms with Gasteiger partial charge in [-0.15, -0.1) is 12.4 Å². The number of carbonyl (C=O) groups is 2. The van der Waals surface area contributed by atoms with Crippen LogP contribution in [0.15, 0.2) is 91.1 Å². The van der Waals surface area contributed by atoms with Gasteiger partial charge in [-0.2, -0.15) is 13.2 Å². The van der Waals surface area contributed by atoms with Crippen LogP contribution < -0.4 is 15.4 Å². The maximum atomic E-state index is 13.6. The van der Waals surface area contributed by atoms with Crippen LogP contribution >= 0.6 is 12.4 Å². The van der Waals surface area contributed by atoms with Gasteiger partial charge in [-0.05, 0) is 60.2 Å². The number of nitrogens with one attached hydrogen (secondary N) is 2. The van der Waals surface area contributed by atoms with E-state index in [-0.39, 0.29) is 31.3 Å². The fraction of sp³-hybridized carbons (Fsp3) is 0.219. The van der Waals surface area contributed by atoms with Crippen molar-refractivity contribution in [2.24, 2.45) is 0 Å². The fourth-order valence-corrected chi connectivity index (χ4v) is 5.36. The molecule has 10 heteroatoms. The van der Waals surface area contributed by atoms with Gasteiger partial charge in [0.2, 0.25) is 11.8 Å². The van der Waals surface area contributed by atoms with Crippen molar-refractivity contribution in [1.29, 1.82) is 0 Å². The molecule has 0 radical (unpaired) electrons. The Balaban J connectivity index is 0.00000405. The molecular weight excluding hydrogens is 567 g/mol. The average molecular weight is 596 g/mol. The summed E-state index contributed by atoms with van der Waals surface area (Å²) in [6, 6.07) is 25.2. The summed E-state index contributed by atoms with van der Waals surface area (Å²) in [7, 11) is 0. The molecule has 0 saturated carbocycles. The topological polar surface area (TPSA) is 80.3 Å². The Morgan fingerprint density at radius 3 is 2.10 bits per heavy atom. The molecule has 5 rings (SSSR count). The Bertz CT molecular complexity index is 1530. The fourth-order valence-electron chi connectivity index (χ4n) is 5.36. The highest BCUT2D eigenvalue weighted by atomic mass is 35.5. The van der Waals surface area contributed by atoms with Gasteiger partial charge in [0.1, 0.15) is 12.0 Å². The van der Waals surface area contributed by atoms with Crippen LogP contribution in [0.3, 0.4) is 0 Å². The third-order valence-electron chi connectivity index (χ3n) is 7.16. The molecule has 4 aromatic rings. The zero-order valence-corrected chi connectivity index (χ0v) is 23.5. The number of aryl methyl sites for hydroxylation is 1. The molecule has 0 bridgehead atoms. The molecule has 6 nitrogen and oxygen atoms in total. The number of alkyl halides is 3. The summed E-state index contributed by atoms with van der Waals surface area (Å²) < 4.78 is 45.1. The zero-order valence-electron chi connectivity index (χ0n) is 22.7. The molecule has 1 aliphatic rings. The minimum atomic E-state index is -4.53. The maximum Gasteiger partial charge on any atom is 0.405 e. The lowest BCUT2D eigenvalue weighted by Crippen LogP contribution is -2.47. The zero-order chi connectivity index (χ0) is 29.0. The van der Waals surface area contributed by atoms with Gasteiger partial charge in [0.05, 0.1) is 18.5 Å². The average Bonchev–Trinajstić information content (AvgIpc) is 3.26. The largest absolute Gasteiger partial charge is 0.477 e. The number of aromatic nitrogens is 1. The van der Waals surface area contributed by atoms with E-state index in [0.717, 1.165) is 11.1 Å². The lowest BCUT2D eigenvalue weighted by atomic mass is 9.73. The predicted octanol–water partition coefficient (Wildman–Crippen LogP) is 6.87. The number of benzene rings is 3. The van der Waals surface area contributed by atoms with Gasteiger partial charge in [-0.25, -0.2) is 4.98 Å². The molecule has 3 aromatic carbocycles. The summed E-state index contributed by atoms with van der Waals surface area (Å²) in [6.45, 7) is 0.572. The van der Waals surface area contributed by atoms with E-state index in [4.69, 9.17) is 4.74 Å². The molecule has 0 fully saturated rings. The van der Waals surface area contributed by atoms with E-state index in [1.54, 1.807) is 61.5 Å². The monoisotopic (exact) mass is 595 g/mol. The Labute approximate surface area is 247 Å². The number of anilines is 1. The molecule has 0 aliphatic heterocycles. The first-order valence-electron chi connectivity index (χ1n) is 13.2. The van der Waals surface area contributed by atoms with Crippen LogP contribution in [0.2, 0.25) is 0 Å². The summed E-state index contributed by atoms with van der Waals surface area (Å²) >= 11 is 0. The smallest absolute Gasteiger partial charge is 0.405 e. The van der Waals surface area contributed by atoms with Crippen LogP contribution in [0.25, 0.3) is 11.1 Å². The van der Waals surface area contributed by atoms with E-state index < -0.39 is 24.0 Å². The minimum absolute atomic E-state index is 0. The quantitative estimate of drug-likeness (QED) is 0.207. The Hall–Kier alpha value is -4.37. The molecule has 0 unspecified atom stereocenters. The van der Waals surface area contributed by atoms with Gasteiger partial charge in [-0.3, -0.25) is 9.59 Å². The molecule has 1 heterocycles. The van der Waals surface area contributed by atoms with E-state index in [2.05, 4.69) is 15.6 Å². The summed E-state index contributed by atoms with van der Waals surface area (Å²) in [5.41, 5.74) is 3.45. The van der Waals surface area contributed by atoms with E-state index >= 15 is 0 Å². The van der Waals surface area contributed by atoms with Gasteiger partial charge in [0.25, 0.3) is 5.91 Å². The number of hydrogen-bond acceptors (Lipinski definition) is 4. The molecule has 0 atom stereocenters. The number of fused-ring (bicyclic) bond motifs is 3. The van der Waals surface area contributed by atoms with Gasteiger partial charge < -0.3 is 15.4 Å². The van der Waals surface area contributed by atoms with Crippen molar-refractivity contribution in [3.05, 3.63) is 113 Å². The summed E-state index contributed by atoms with van der Waals surface area (Å²) in [6.07, 6.45) is -2.43. The van der Waals surface area contributed by atoms with Gasteiger partial charge in [0.15, 0.2) is 0 Å². The van der Waals surface area contributed by atoms with Crippen molar-refractivity contribution in [2.75, 3.05) is 18.5 Å². The highest BCUT2D eigenvalue weighted by molar-refractivity contribution is 6.04. The first kappa shape index (κ1) is 30.6. The highest BCUT2D eigenvalue weighted by Gasteiger charge is 2.49. The van der Waals surface area contributed by atoms with E-state index in [0.29, 0.717) is 40.2 Å². The first-order chi connectivity index (χ1) is 19.7. The van der Waals surface area contributed by atoms with Gasteiger partial charge in [-0.1, -0.05) is 66.7 Å².